The second-order valence-corrected chi connectivity index (χ2v) is 8.42. The van der Waals surface area contributed by atoms with E-state index >= 15 is 0 Å². The van der Waals surface area contributed by atoms with Gasteiger partial charge < -0.3 is 0 Å². The molecule has 122 valence electrons. The van der Waals surface area contributed by atoms with Crippen LogP contribution in [0.15, 0.2) is 84.3 Å². The van der Waals surface area contributed by atoms with Gasteiger partial charge in [0.15, 0.2) is 0 Å². The van der Waals surface area contributed by atoms with Gasteiger partial charge in [0.1, 0.15) is 0 Å². The molecule has 0 fully saturated rings. The topological polar surface area (TPSA) is 37.4 Å². The van der Waals surface area contributed by atoms with Crippen LogP contribution in [-0.4, -0.2) is 15.0 Å². The van der Waals surface area contributed by atoms with E-state index in [1.807, 2.05) is 54.6 Å². The van der Waals surface area contributed by atoms with Gasteiger partial charge in [-0.3, -0.25) is 4.31 Å². The highest BCUT2D eigenvalue weighted by Gasteiger charge is 2.24. The average molecular weight is 449 g/mol. The van der Waals surface area contributed by atoms with Gasteiger partial charge in [0, 0.05) is 3.57 Å². The first-order valence-electron chi connectivity index (χ1n) is 7.40. The fourth-order valence-corrected chi connectivity index (χ4v) is 4.35. The molecule has 3 rings (SSSR count). The van der Waals surface area contributed by atoms with Crippen LogP contribution in [0.5, 0.6) is 0 Å². The van der Waals surface area contributed by atoms with Gasteiger partial charge in [0.25, 0.3) is 10.0 Å². The second-order valence-electron chi connectivity index (χ2n) is 5.31. The van der Waals surface area contributed by atoms with Crippen LogP contribution in [0.25, 0.3) is 10.8 Å². The van der Waals surface area contributed by atoms with E-state index in [9.17, 15) is 8.42 Å². The average Bonchev–Trinajstić information content (AvgIpc) is 2.60. The lowest BCUT2D eigenvalue weighted by Crippen LogP contribution is -2.31. The van der Waals surface area contributed by atoms with E-state index in [1.165, 1.54) is 4.31 Å². The summed E-state index contributed by atoms with van der Waals surface area (Å²) in [6.07, 6.45) is 1.59. The maximum atomic E-state index is 13.1. The zero-order valence-electron chi connectivity index (χ0n) is 12.9. The lowest BCUT2D eigenvalue weighted by atomic mass is 10.1. The zero-order valence-corrected chi connectivity index (χ0v) is 15.9. The minimum absolute atomic E-state index is 0.218. The molecule has 0 aliphatic rings. The molecule has 0 spiro atoms. The maximum Gasteiger partial charge on any atom is 0.264 e. The van der Waals surface area contributed by atoms with Crippen molar-refractivity contribution in [1.82, 2.24) is 0 Å². The first kappa shape index (κ1) is 17.0. The van der Waals surface area contributed by atoms with Crippen molar-refractivity contribution in [2.24, 2.45) is 0 Å². The van der Waals surface area contributed by atoms with Gasteiger partial charge >= 0.3 is 0 Å². The van der Waals surface area contributed by atoms with Gasteiger partial charge in [-0.15, -0.1) is 6.58 Å². The van der Waals surface area contributed by atoms with Gasteiger partial charge in [-0.1, -0.05) is 36.4 Å². The third kappa shape index (κ3) is 3.32. The molecule has 0 atom stereocenters. The predicted molar refractivity (Wildman–Crippen MR) is 108 cm³/mol. The predicted octanol–water partition coefficient (Wildman–Crippen LogP) is 4.83. The van der Waals surface area contributed by atoms with E-state index in [2.05, 4.69) is 29.2 Å². The Bertz CT molecular complexity index is 982. The number of rotatable bonds is 5. The molecule has 0 aromatic heterocycles. The Kier molecular flexibility index (Phi) is 4.91. The number of benzene rings is 3. The number of fused-ring (bicyclic) bond motifs is 1. The van der Waals surface area contributed by atoms with Crippen LogP contribution >= 0.6 is 22.6 Å². The van der Waals surface area contributed by atoms with Gasteiger partial charge in [0.05, 0.1) is 17.1 Å². The molecule has 0 heterocycles. The van der Waals surface area contributed by atoms with Crippen LogP contribution in [0.2, 0.25) is 0 Å². The zero-order chi connectivity index (χ0) is 17.2. The van der Waals surface area contributed by atoms with Crippen LogP contribution < -0.4 is 4.31 Å². The Labute approximate surface area is 155 Å². The van der Waals surface area contributed by atoms with Gasteiger partial charge in [0.2, 0.25) is 0 Å². The lowest BCUT2D eigenvalue weighted by molar-refractivity contribution is 0.593. The fourth-order valence-electron chi connectivity index (χ4n) is 2.52. The third-order valence-electron chi connectivity index (χ3n) is 3.72. The number of sulfonamides is 1. The number of anilines is 1. The van der Waals surface area contributed by atoms with Crippen molar-refractivity contribution >= 4 is 49.1 Å². The highest BCUT2D eigenvalue weighted by atomic mass is 127. The molecule has 0 aliphatic heterocycles. The van der Waals surface area contributed by atoms with Crippen LogP contribution in [0.1, 0.15) is 0 Å². The monoisotopic (exact) mass is 449 g/mol. The minimum Gasteiger partial charge on any atom is -0.263 e. The molecular weight excluding hydrogens is 433 g/mol. The second kappa shape index (κ2) is 6.94. The quantitative estimate of drug-likeness (QED) is 0.414. The van der Waals surface area contributed by atoms with Crippen molar-refractivity contribution in [3.8, 4) is 0 Å². The van der Waals surface area contributed by atoms with Gasteiger partial charge in [-0.2, -0.15) is 0 Å². The smallest absolute Gasteiger partial charge is 0.263 e. The first-order valence-corrected chi connectivity index (χ1v) is 9.92. The van der Waals surface area contributed by atoms with Crippen molar-refractivity contribution in [3.05, 3.63) is 83.0 Å². The molecule has 3 aromatic rings. The van der Waals surface area contributed by atoms with Crippen molar-refractivity contribution in [2.45, 2.75) is 4.90 Å². The van der Waals surface area contributed by atoms with E-state index in [-0.39, 0.29) is 11.4 Å². The molecule has 3 nitrogen and oxygen atoms in total. The summed E-state index contributed by atoms with van der Waals surface area (Å²) in [7, 11) is -3.66. The van der Waals surface area contributed by atoms with Crippen molar-refractivity contribution in [2.75, 3.05) is 10.8 Å². The van der Waals surface area contributed by atoms with E-state index in [0.717, 1.165) is 14.3 Å². The molecule has 0 saturated heterocycles. The first-order chi connectivity index (χ1) is 11.5. The Balaban J connectivity index is 2.10. The summed E-state index contributed by atoms with van der Waals surface area (Å²) in [5.74, 6) is 0. The summed E-state index contributed by atoms with van der Waals surface area (Å²) in [4.78, 5) is 0.279. The minimum atomic E-state index is -3.66. The summed E-state index contributed by atoms with van der Waals surface area (Å²) in [6, 6.07) is 20.3. The van der Waals surface area contributed by atoms with Crippen LogP contribution in [0.4, 0.5) is 5.69 Å². The van der Waals surface area contributed by atoms with Gasteiger partial charge in [-0.25, -0.2) is 8.42 Å². The summed E-state index contributed by atoms with van der Waals surface area (Å²) in [5, 5.41) is 1.92. The normalized spacial score (nSPS) is 11.4. The molecule has 0 radical (unpaired) electrons. The molecule has 0 unspecified atom stereocenters. The summed E-state index contributed by atoms with van der Waals surface area (Å²) >= 11 is 2.20. The van der Waals surface area contributed by atoms with E-state index in [4.69, 9.17) is 0 Å². The number of hydrogen-bond donors (Lipinski definition) is 0. The van der Waals surface area contributed by atoms with E-state index < -0.39 is 10.0 Å². The van der Waals surface area contributed by atoms with Crippen molar-refractivity contribution in [3.63, 3.8) is 0 Å². The Morgan fingerprint density at radius 1 is 0.958 bits per heavy atom. The number of nitrogens with zero attached hydrogens (tertiary/aromatic N) is 1. The maximum absolute atomic E-state index is 13.1. The standard InChI is InChI=1S/C19H16INO2S/c1-2-13-21(18-10-8-17(20)9-11-18)24(22,23)19-12-7-15-5-3-4-6-16(15)14-19/h2-12,14H,1,13H2. The molecule has 0 aliphatic carbocycles. The third-order valence-corrected chi connectivity index (χ3v) is 6.23. The summed E-state index contributed by atoms with van der Waals surface area (Å²) in [6.45, 7) is 3.91. The molecule has 0 N–H and O–H groups in total. The Morgan fingerprint density at radius 2 is 1.62 bits per heavy atom. The molecular formula is C19H16INO2S. The Morgan fingerprint density at radius 3 is 2.29 bits per heavy atom. The number of hydrogen-bond acceptors (Lipinski definition) is 2. The largest absolute Gasteiger partial charge is 0.264 e. The summed E-state index contributed by atoms with van der Waals surface area (Å²) < 4.78 is 28.7. The molecule has 24 heavy (non-hydrogen) atoms. The van der Waals surface area contributed by atoms with E-state index in [0.29, 0.717) is 5.69 Å². The highest BCUT2D eigenvalue weighted by Crippen LogP contribution is 2.26. The van der Waals surface area contributed by atoms with Gasteiger partial charge in [-0.05, 0) is 69.8 Å². The Hall–Kier alpha value is -1.86. The molecule has 3 aromatic carbocycles. The van der Waals surface area contributed by atoms with Crippen molar-refractivity contribution in [1.29, 1.82) is 0 Å². The van der Waals surface area contributed by atoms with Crippen LogP contribution in [-0.2, 0) is 10.0 Å². The molecule has 5 heteroatoms. The lowest BCUT2D eigenvalue weighted by Gasteiger charge is -2.23. The fraction of sp³-hybridized carbons (Fsp3) is 0.0526. The molecule has 0 amide bonds. The van der Waals surface area contributed by atoms with Crippen LogP contribution in [0.3, 0.4) is 0 Å². The number of halogens is 1. The highest BCUT2D eigenvalue weighted by molar-refractivity contribution is 14.1. The SMILES string of the molecule is C=CCN(c1ccc(I)cc1)S(=O)(=O)c1ccc2ccccc2c1. The molecule has 0 bridgehead atoms. The van der Waals surface area contributed by atoms with Crippen LogP contribution in [0, 0.1) is 3.57 Å². The van der Waals surface area contributed by atoms with Crippen molar-refractivity contribution < 1.29 is 8.42 Å². The van der Waals surface area contributed by atoms with E-state index in [1.54, 1.807) is 18.2 Å². The summed E-state index contributed by atoms with van der Waals surface area (Å²) in [5.41, 5.74) is 0.628. The molecule has 0 saturated carbocycles.